The monoisotopic (exact) mass is 381 g/mol. The van der Waals surface area contributed by atoms with Crippen LogP contribution in [-0.2, 0) is 9.22 Å². The number of hydrazine groups is 1. The second kappa shape index (κ2) is 8.19. The van der Waals surface area contributed by atoms with Crippen molar-refractivity contribution in [2.45, 2.75) is 57.7 Å². The zero-order valence-electron chi connectivity index (χ0n) is 15.1. The van der Waals surface area contributed by atoms with Gasteiger partial charge in [0.2, 0.25) is 15.7 Å². The van der Waals surface area contributed by atoms with Crippen LogP contribution in [0.3, 0.4) is 0 Å². The van der Waals surface area contributed by atoms with E-state index in [1.807, 2.05) is 26.8 Å². The molecule has 1 atom stereocenters. The molecule has 0 aliphatic heterocycles. The van der Waals surface area contributed by atoms with Crippen molar-refractivity contribution in [3.8, 4) is 11.8 Å². The predicted molar refractivity (Wildman–Crippen MR) is 97.8 cm³/mol. The van der Waals surface area contributed by atoms with Crippen LogP contribution in [0.15, 0.2) is 18.2 Å². The summed E-state index contributed by atoms with van der Waals surface area (Å²) >= 11 is 5.91. The van der Waals surface area contributed by atoms with Gasteiger partial charge in [-0.25, -0.2) is 5.84 Å². The lowest BCUT2D eigenvalue weighted by Gasteiger charge is -2.31. The maximum atomic E-state index is 12.5. The predicted octanol–water partition coefficient (Wildman–Crippen LogP) is 3.34. The van der Waals surface area contributed by atoms with Crippen LogP contribution >= 0.6 is 11.6 Å². The number of nitrogens with zero attached hydrogens (tertiary/aromatic N) is 2. The molecule has 1 amide bonds. The molecule has 1 aromatic carbocycles. The molecule has 136 valence electrons. The van der Waals surface area contributed by atoms with Gasteiger partial charge in [0.25, 0.3) is 0 Å². The summed E-state index contributed by atoms with van der Waals surface area (Å²) in [6, 6.07) is 5.05. The number of rotatable bonds is 6. The van der Waals surface area contributed by atoms with Crippen LogP contribution in [0, 0.1) is 11.3 Å². The summed E-state index contributed by atoms with van der Waals surface area (Å²) in [7, 11) is 0.216. The molecule has 0 saturated heterocycles. The highest BCUT2D eigenvalue weighted by atomic mass is 35.5. The minimum atomic E-state index is -1.15. The van der Waals surface area contributed by atoms with Gasteiger partial charge >= 0.3 is 0 Å². The van der Waals surface area contributed by atoms with Gasteiger partial charge < -0.3 is 9.53 Å². The van der Waals surface area contributed by atoms with E-state index in [1.54, 1.807) is 13.8 Å². The van der Waals surface area contributed by atoms with Gasteiger partial charge in [0.05, 0.1) is 18.1 Å². The molecule has 1 rings (SSSR count). The Morgan fingerprint density at radius 2 is 2.04 bits per heavy atom. The average molecular weight is 382 g/mol. The number of nitrogens with two attached hydrogens (primary N) is 1. The molecule has 8 heteroatoms. The van der Waals surface area contributed by atoms with Gasteiger partial charge in [-0.05, 0) is 37.1 Å². The number of phenolic OH excluding ortho intramolecular Hbond substituents is 1. The Morgan fingerprint density at radius 1 is 1.44 bits per heavy atom. The Kier molecular flexibility index (Phi) is 7.03. The van der Waals surface area contributed by atoms with E-state index in [1.165, 1.54) is 18.2 Å². The molecule has 0 bridgehead atoms. The van der Waals surface area contributed by atoms with Crippen molar-refractivity contribution in [3.63, 3.8) is 0 Å². The van der Waals surface area contributed by atoms with E-state index >= 15 is 0 Å². The summed E-state index contributed by atoms with van der Waals surface area (Å²) in [4.78, 5) is 12.5. The smallest absolute Gasteiger partial charge is 0.240 e. The van der Waals surface area contributed by atoms with Gasteiger partial charge in [0.1, 0.15) is 5.75 Å². The van der Waals surface area contributed by atoms with E-state index in [0.29, 0.717) is 5.02 Å². The summed E-state index contributed by atoms with van der Waals surface area (Å²) in [6.45, 7) is 9.75. The molecule has 25 heavy (non-hydrogen) atoms. The van der Waals surface area contributed by atoms with Crippen LogP contribution in [0.5, 0.6) is 5.75 Å². The summed E-state index contributed by atoms with van der Waals surface area (Å²) in [5, 5.41) is 20.5. The van der Waals surface area contributed by atoms with E-state index in [4.69, 9.17) is 21.9 Å². The molecule has 0 spiro atoms. The third-order valence-electron chi connectivity index (χ3n) is 3.18. The van der Waals surface area contributed by atoms with Crippen molar-refractivity contribution < 1.29 is 14.3 Å². The van der Waals surface area contributed by atoms with Gasteiger partial charge in [-0.1, -0.05) is 32.4 Å². The van der Waals surface area contributed by atoms with Crippen molar-refractivity contribution in [2.24, 2.45) is 5.84 Å². The van der Waals surface area contributed by atoms with E-state index in [9.17, 15) is 15.2 Å². The van der Waals surface area contributed by atoms with E-state index in [-0.39, 0.29) is 32.5 Å². The van der Waals surface area contributed by atoms with Crippen LogP contribution < -0.4 is 5.84 Å². The number of aromatic hydroxyl groups is 1. The largest absolute Gasteiger partial charge is 0.508 e. The Labute approximate surface area is 156 Å². The molecular weight excluding hydrogens is 358 g/mol. The van der Waals surface area contributed by atoms with Crippen molar-refractivity contribution >= 4 is 27.3 Å². The summed E-state index contributed by atoms with van der Waals surface area (Å²) < 4.78 is 5.85. The van der Waals surface area contributed by atoms with Crippen LogP contribution in [0.1, 0.15) is 52.6 Å². The Hall–Kier alpha value is -1.59. The van der Waals surface area contributed by atoms with Crippen molar-refractivity contribution in [1.29, 1.82) is 5.26 Å². The maximum Gasteiger partial charge on any atom is 0.240 e. The highest BCUT2D eigenvalue weighted by Crippen LogP contribution is 2.31. The number of hydrogen-bond acceptors (Lipinski definition) is 5. The van der Waals surface area contributed by atoms with Crippen LogP contribution in [0.2, 0.25) is 10.1 Å². The zero-order chi connectivity index (χ0) is 19.4. The summed E-state index contributed by atoms with van der Waals surface area (Å²) in [5.41, 5.74) is -0.544. The summed E-state index contributed by atoms with van der Waals surface area (Å²) in [5.74, 6) is 5.25. The molecule has 0 aromatic heterocycles. The highest BCUT2D eigenvalue weighted by Gasteiger charge is 2.31. The molecule has 3 N–H and O–H groups in total. The van der Waals surface area contributed by atoms with Gasteiger partial charge in [0.15, 0.2) is 6.04 Å². The van der Waals surface area contributed by atoms with E-state index < -0.39 is 17.6 Å². The average Bonchev–Trinajstić information content (AvgIpc) is 2.48. The van der Waals surface area contributed by atoms with Crippen LogP contribution in [-0.4, -0.2) is 31.4 Å². The first-order valence-electron chi connectivity index (χ1n) is 7.76. The number of hydrogen-bond donors (Lipinski definition) is 2. The van der Waals surface area contributed by atoms with Crippen molar-refractivity contribution in [1.82, 2.24) is 5.01 Å². The van der Waals surface area contributed by atoms with Gasteiger partial charge in [-0.3, -0.25) is 9.80 Å². The Morgan fingerprint density at radius 3 is 2.56 bits per heavy atom. The fourth-order valence-corrected chi connectivity index (χ4v) is 2.79. The van der Waals surface area contributed by atoms with Gasteiger partial charge in [-0.2, -0.15) is 5.26 Å². The summed E-state index contributed by atoms with van der Waals surface area (Å²) in [6.07, 6.45) is 0.00604. The Balaban J connectivity index is 2.89. The second-order valence-electron chi connectivity index (χ2n) is 7.43. The number of amides is 1. The number of carbonyl (C=O) groups is 1. The van der Waals surface area contributed by atoms with Crippen molar-refractivity contribution in [2.75, 3.05) is 0 Å². The lowest BCUT2D eigenvalue weighted by atomic mass is 10.0. The number of carbonyl (C=O) groups excluding carboxylic acids is 1. The fourth-order valence-electron chi connectivity index (χ4n) is 1.95. The quantitative estimate of drug-likeness (QED) is 0.340. The number of phenols is 1. The zero-order valence-corrected chi connectivity index (χ0v) is 16.9. The first-order chi connectivity index (χ1) is 11.4. The number of benzene rings is 1. The number of nitriles is 1. The second-order valence-corrected chi connectivity index (χ2v) is 9.77. The number of halogens is 1. The molecular formula is C17H24ClN3O3Si. The van der Waals surface area contributed by atoms with E-state index in [2.05, 4.69) is 0 Å². The van der Waals surface area contributed by atoms with E-state index in [0.717, 1.165) is 5.01 Å². The van der Waals surface area contributed by atoms with Crippen LogP contribution in [0.25, 0.3) is 0 Å². The molecule has 0 aliphatic rings. The molecule has 0 fully saturated rings. The normalized spacial score (nSPS) is 13.2. The minimum Gasteiger partial charge on any atom is -0.508 e. The fraction of sp³-hybridized carbons (Fsp3) is 0.529. The van der Waals surface area contributed by atoms with Crippen LogP contribution in [0.4, 0.5) is 0 Å². The molecule has 0 aliphatic carbocycles. The maximum absolute atomic E-state index is 12.5. The third kappa shape index (κ3) is 6.67. The highest BCUT2D eigenvalue weighted by molar-refractivity contribution is 6.32. The lowest BCUT2D eigenvalue weighted by Crippen LogP contribution is -2.44. The first kappa shape index (κ1) is 21.4. The first-order valence-corrected chi connectivity index (χ1v) is 9.05. The SMILES string of the molecule is CC(C)(CC(=O)N(N)C(C#N)c1cc(Cl)ccc1O)O[Si]C(C)(C)C. The van der Waals surface area contributed by atoms with Crippen molar-refractivity contribution in [3.05, 3.63) is 28.8 Å². The molecule has 6 nitrogen and oxygen atoms in total. The minimum absolute atomic E-state index is 0.00604. The topological polar surface area (TPSA) is 99.6 Å². The molecule has 0 heterocycles. The molecule has 1 unspecified atom stereocenters. The Bertz CT molecular complexity index is 668. The molecule has 0 saturated carbocycles. The van der Waals surface area contributed by atoms with Gasteiger partial charge in [-0.15, -0.1) is 0 Å². The standard InChI is InChI=1S/C17H24ClN3O3Si/c1-16(2,3)25-24-17(4,5)9-15(23)21(20)13(10-19)12-8-11(18)6-7-14(12)22/h6-8,13,22H,9,20H2,1-5H3. The third-order valence-corrected chi connectivity index (χ3v) is 4.69. The lowest BCUT2D eigenvalue weighted by molar-refractivity contribution is -0.136. The molecule has 1 aromatic rings. The molecule has 2 radical (unpaired) electrons. The van der Waals surface area contributed by atoms with Gasteiger partial charge in [0, 0.05) is 10.6 Å².